The third kappa shape index (κ3) is 11.7. The Morgan fingerprint density at radius 2 is 1.39 bits per heavy atom. The van der Waals surface area contributed by atoms with Crippen LogP contribution >= 0.6 is 0 Å². The molecule has 0 bridgehead atoms. The van der Waals surface area contributed by atoms with Gasteiger partial charge in [-0.05, 0) is 66.7 Å². The standard InChI is InChI=1S/C17H30O/c1-14(2)8-6-9-15(3)10-7-11-16(4)12-13-17(5)18/h8,10,12,17-18H,6-7,9,11,13H2,1-5H3. The number of hydrogen-bond acceptors (Lipinski definition) is 1. The molecule has 1 N–H and O–H groups in total. The summed E-state index contributed by atoms with van der Waals surface area (Å²) in [5.74, 6) is 0. The summed E-state index contributed by atoms with van der Waals surface area (Å²) in [4.78, 5) is 0. The molecule has 1 atom stereocenters. The number of hydrogen-bond donors (Lipinski definition) is 1. The summed E-state index contributed by atoms with van der Waals surface area (Å²) in [5, 5.41) is 9.19. The molecule has 1 heteroatoms. The van der Waals surface area contributed by atoms with Gasteiger partial charge in [0, 0.05) is 0 Å². The Morgan fingerprint density at radius 3 is 1.89 bits per heavy atom. The lowest BCUT2D eigenvalue weighted by atomic mass is 10.1. The summed E-state index contributed by atoms with van der Waals surface area (Å²) in [5.41, 5.74) is 4.26. The average molecular weight is 250 g/mol. The van der Waals surface area contributed by atoms with E-state index >= 15 is 0 Å². The van der Waals surface area contributed by atoms with Crippen molar-refractivity contribution in [3.8, 4) is 0 Å². The zero-order valence-corrected chi connectivity index (χ0v) is 12.8. The topological polar surface area (TPSA) is 20.2 Å². The first kappa shape index (κ1) is 17.2. The van der Waals surface area contributed by atoms with Crippen LogP contribution in [0.15, 0.2) is 34.9 Å². The van der Waals surface area contributed by atoms with Gasteiger partial charge in [-0.25, -0.2) is 0 Å². The van der Waals surface area contributed by atoms with Gasteiger partial charge in [-0.1, -0.05) is 34.9 Å². The fourth-order valence-electron chi connectivity index (χ4n) is 1.71. The van der Waals surface area contributed by atoms with Crippen LogP contribution < -0.4 is 0 Å². The Hall–Kier alpha value is -0.820. The van der Waals surface area contributed by atoms with Gasteiger partial charge in [0.25, 0.3) is 0 Å². The van der Waals surface area contributed by atoms with E-state index < -0.39 is 0 Å². The van der Waals surface area contributed by atoms with Gasteiger partial charge in [0.15, 0.2) is 0 Å². The second-order valence-corrected chi connectivity index (χ2v) is 5.54. The van der Waals surface area contributed by atoms with Gasteiger partial charge in [0.2, 0.25) is 0 Å². The number of rotatable bonds is 8. The maximum absolute atomic E-state index is 9.19. The Morgan fingerprint density at radius 1 is 0.889 bits per heavy atom. The zero-order valence-electron chi connectivity index (χ0n) is 12.8. The van der Waals surface area contributed by atoms with Crippen LogP contribution in [0.3, 0.4) is 0 Å². The van der Waals surface area contributed by atoms with Crippen LogP contribution in [0.2, 0.25) is 0 Å². The molecule has 0 spiro atoms. The second kappa shape index (κ2) is 10.1. The highest BCUT2D eigenvalue weighted by Crippen LogP contribution is 2.12. The summed E-state index contributed by atoms with van der Waals surface area (Å²) >= 11 is 0. The second-order valence-electron chi connectivity index (χ2n) is 5.54. The fraction of sp³-hybridized carbons (Fsp3) is 0.647. The molecule has 18 heavy (non-hydrogen) atoms. The summed E-state index contributed by atoms with van der Waals surface area (Å²) in [6.07, 6.45) is 11.9. The van der Waals surface area contributed by atoms with E-state index in [9.17, 15) is 5.11 Å². The molecule has 0 aromatic carbocycles. The van der Waals surface area contributed by atoms with Crippen LogP contribution in [0.4, 0.5) is 0 Å². The average Bonchev–Trinajstić information content (AvgIpc) is 2.25. The normalized spacial score (nSPS) is 14.6. The maximum Gasteiger partial charge on any atom is 0.0546 e. The van der Waals surface area contributed by atoms with Crippen molar-refractivity contribution in [2.45, 2.75) is 72.8 Å². The minimum absolute atomic E-state index is 0.221. The molecule has 0 rings (SSSR count). The first-order chi connectivity index (χ1) is 8.41. The van der Waals surface area contributed by atoms with Gasteiger partial charge in [0.05, 0.1) is 6.10 Å². The fourth-order valence-corrected chi connectivity index (χ4v) is 1.71. The van der Waals surface area contributed by atoms with E-state index in [1.165, 1.54) is 23.1 Å². The molecular formula is C17H30O. The van der Waals surface area contributed by atoms with Gasteiger partial charge in [-0.15, -0.1) is 0 Å². The number of aliphatic hydroxyl groups is 1. The first-order valence-corrected chi connectivity index (χ1v) is 7.04. The SMILES string of the molecule is CC(C)=CCCC(C)=CCCC(C)=CCC(C)O. The van der Waals surface area contributed by atoms with Crippen molar-refractivity contribution in [3.63, 3.8) is 0 Å². The van der Waals surface area contributed by atoms with Crippen molar-refractivity contribution in [1.29, 1.82) is 0 Å². The van der Waals surface area contributed by atoms with E-state index in [0.29, 0.717) is 0 Å². The summed E-state index contributed by atoms with van der Waals surface area (Å²) in [6.45, 7) is 10.5. The van der Waals surface area contributed by atoms with E-state index in [0.717, 1.165) is 25.7 Å². The minimum atomic E-state index is -0.221. The molecule has 0 radical (unpaired) electrons. The van der Waals surface area contributed by atoms with Crippen molar-refractivity contribution >= 4 is 0 Å². The molecule has 0 aliphatic heterocycles. The van der Waals surface area contributed by atoms with Crippen molar-refractivity contribution < 1.29 is 5.11 Å². The van der Waals surface area contributed by atoms with E-state index in [1.807, 2.05) is 6.92 Å². The van der Waals surface area contributed by atoms with E-state index in [4.69, 9.17) is 0 Å². The molecule has 0 saturated carbocycles. The summed E-state index contributed by atoms with van der Waals surface area (Å²) < 4.78 is 0. The van der Waals surface area contributed by atoms with Crippen molar-refractivity contribution in [1.82, 2.24) is 0 Å². The Labute approximate surface area is 113 Å². The Bertz CT molecular complexity index is 302. The molecule has 0 aliphatic rings. The quantitative estimate of drug-likeness (QED) is 0.589. The lowest BCUT2D eigenvalue weighted by molar-refractivity contribution is 0.198. The van der Waals surface area contributed by atoms with Crippen molar-refractivity contribution in [3.05, 3.63) is 34.9 Å². The van der Waals surface area contributed by atoms with Crippen LogP contribution in [0.5, 0.6) is 0 Å². The van der Waals surface area contributed by atoms with Gasteiger partial charge in [0.1, 0.15) is 0 Å². The highest BCUT2D eigenvalue weighted by Gasteiger charge is 1.94. The molecule has 0 aliphatic carbocycles. The molecule has 1 unspecified atom stereocenters. The lowest BCUT2D eigenvalue weighted by Crippen LogP contribution is -1.96. The third-order valence-corrected chi connectivity index (χ3v) is 2.93. The van der Waals surface area contributed by atoms with Crippen molar-refractivity contribution in [2.75, 3.05) is 0 Å². The van der Waals surface area contributed by atoms with E-state index in [2.05, 4.69) is 45.9 Å². The molecule has 0 aromatic heterocycles. The lowest BCUT2D eigenvalue weighted by Gasteiger charge is -2.03. The predicted molar refractivity (Wildman–Crippen MR) is 81.7 cm³/mol. The largest absolute Gasteiger partial charge is 0.393 e. The number of allylic oxidation sites excluding steroid dienone is 5. The highest BCUT2D eigenvalue weighted by molar-refractivity contribution is 5.05. The molecule has 1 nitrogen and oxygen atoms in total. The van der Waals surface area contributed by atoms with E-state index in [-0.39, 0.29) is 6.10 Å². The van der Waals surface area contributed by atoms with Crippen LogP contribution in [0, 0.1) is 0 Å². The smallest absolute Gasteiger partial charge is 0.0546 e. The minimum Gasteiger partial charge on any atom is -0.393 e. The van der Waals surface area contributed by atoms with Crippen LogP contribution in [0.25, 0.3) is 0 Å². The molecule has 104 valence electrons. The Kier molecular flexibility index (Phi) is 9.67. The first-order valence-electron chi connectivity index (χ1n) is 7.04. The molecular weight excluding hydrogens is 220 g/mol. The van der Waals surface area contributed by atoms with Crippen LogP contribution in [-0.4, -0.2) is 11.2 Å². The number of aliphatic hydroxyl groups excluding tert-OH is 1. The third-order valence-electron chi connectivity index (χ3n) is 2.93. The van der Waals surface area contributed by atoms with Gasteiger partial charge >= 0.3 is 0 Å². The van der Waals surface area contributed by atoms with Gasteiger partial charge < -0.3 is 5.11 Å². The highest BCUT2D eigenvalue weighted by atomic mass is 16.3. The Balaban J connectivity index is 3.86. The summed E-state index contributed by atoms with van der Waals surface area (Å²) in [6, 6.07) is 0. The molecule has 0 aromatic rings. The predicted octanol–water partition coefficient (Wildman–Crippen LogP) is 5.18. The molecule has 0 fully saturated rings. The summed E-state index contributed by atoms with van der Waals surface area (Å²) in [7, 11) is 0. The van der Waals surface area contributed by atoms with Gasteiger partial charge in [-0.3, -0.25) is 0 Å². The maximum atomic E-state index is 9.19. The van der Waals surface area contributed by atoms with Gasteiger partial charge in [-0.2, -0.15) is 0 Å². The van der Waals surface area contributed by atoms with Crippen LogP contribution in [-0.2, 0) is 0 Å². The zero-order chi connectivity index (χ0) is 14.0. The van der Waals surface area contributed by atoms with Crippen molar-refractivity contribution in [2.24, 2.45) is 0 Å². The monoisotopic (exact) mass is 250 g/mol. The molecule has 0 saturated heterocycles. The molecule has 0 heterocycles. The van der Waals surface area contributed by atoms with Crippen LogP contribution in [0.1, 0.15) is 66.7 Å². The van der Waals surface area contributed by atoms with E-state index in [1.54, 1.807) is 0 Å². The molecule has 0 amide bonds.